The molecular formula is C45H64O6SSi. The van der Waals surface area contributed by atoms with Crippen LogP contribution in [0, 0.1) is 5.41 Å². The lowest BCUT2D eigenvalue weighted by atomic mass is 9.83. The molecule has 0 saturated heterocycles. The maximum Gasteiger partial charge on any atom is 0.200 e. The minimum Gasteiger partial charge on any atom is -0.413 e. The smallest absolute Gasteiger partial charge is 0.200 e. The lowest BCUT2D eigenvalue weighted by Gasteiger charge is -2.45. The van der Waals surface area contributed by atoms with E-state index in [9.17, 15) is 8.42 Å². The number of ketones is 1. The predicted molar refractivity (Wildman–Crippen MR) is 221 cm³/mol. The standard InChI is InChI=1S/C45H64O6SSi/c1-11-12-26-41(51-53(34(2)3,35(4)5)36(6)7)31-40(29-30-49-32-38-22-16-13-17-23-38)43(50-37(8)39-24-18-14-19-25-39)44(46)45(9,10)33-52(47,48)42-27-20-15-21-28-42/h11-25,27-29,34-37,41,43H,26,30-33H2,1-10H3/b12-11+,40-29+/t37-,41-,43+/m1/s1. The summed E-state index contributed by atoms with van der Waals surface area (Å²) in [5, 5.41) is 0. The van der Waals surface area contributed by atoms with Crippen LogP contribution in [0.1, 0.15) is 99.3 Å². The van der Waals surface area contributed by atoms with E-state index in [0.717, 1.165) is 16.7 Å². The molecular weight excluding hydrogens is 697 g/mol. The summed E-state index contributed by atoms with van der Waals surface area (Å²) in [7, 11) is -6.13. The number of carbonyl (C=O) groups is 1. The van der Waals surface area contributed by atoms with Gasteiger partial charge in [0.2, 0.25) is 8.32 Å². The van der Waals surface area contributed by atoms with Gasteiger partial charge in [0.1, 0.15) is 6.10 Å². The zero-order valence-electron chi connectivity index (χ0n) is 33.7. The normalized spacial score (nSPS) is 15.0. The van der Waals surface area contributed by atoms with Crippen molar-refractivity contribution in [1.82, 2.24) is 0 Å². The predicted octanol–water partition coefficient (Wildman–Crippen LogP) is 11.3. The fraction of sp³-hybridized carbons (Fsp3) is 0.489. The Morgan fingerprint density at radius 3 is 1.85 bits per heavy atom. The van der Waals surface area contributed by atoms with Crippen molar-refractivity contribution in [3.8, 4) is 0 Å². The van der Waals surface area contributed by atoms with Crippen molar-refractivity contribution < 1.29 is 27.1 Å². The molecule has 3 atom stereocenters. The number of allylic oxidation sites excluding steroid dienone is 1. The Hall–Kier alpha value is -3.14. The Morgan fingerprint density at radius 1 is 0.792 bits per heavy atom. The van der Waals surface area contributed by atoms with E-state index < -0.39 is 35.8 Å². The molecule has 0 aliphatic carbocycles. The van der Waals surface area contributed by atoms with Gasteiger partial charge in [-0.3, -0.25) is 4.79 Å². The first-order valence-electron chi connectivity index (χ1n) is 19.2. The Kier molecular flexibility index (Phi) is 17.1. The molecule has 0 heterocycles. The lowest BCUT2D eigenvalue weighted by molar-refractivity contribution is -0.139. The molecule has 0 radical (unpaired) electrons. The summed E-state index contributed by atoms with van der Waals surface area (Å²) in [4.78, 5) is 15.2. The molecule has 0 unspecified atom stereocenters. The van der Waals surface area contributed by atoms with E-state index in [1.807, 2.05) is 86.7 Å². The number of Topliss-reactive ketones (excluding diaryl/α,β-unsaturated/α-hetero) is 1. The van der Waals surface area contributed by atoms with Crippen LogP contribution < -0.4 is 0 Å². The van der Waals surface area contributed by atoms with Crippen LogP contribution in [0.15, 0.2) is 120 Å². The van der Waals surface area contributed by atoms with Crippen LogP contribution in [-0.4, -0.2) is 47.1 Å². The van der Waals surface area contributed by atoms with Gasteiger partial charge in [0.25, 0.3) is 0 Å². The number of hydrogen-bond acceptors (Lipinski definition) is 6. The first kappa shape index (κ1) is 44.3. The van der Waals surface area contributed by atoms with E-state index in [1.165, 1.54) is 0 Å². The minimum atomic E-state index is -3.79. The van der Waals surface area contributed by atoms with E-state index >= 15 is 4.79 Å². The maximum absolute atomic E-state index is 15.0. The van der Waals surface area contributed by atoms with Gasteiger partial charge in [-0.15, -0.1) is 0 Å². The molecule has 0 bridgehead atoms. The van der Waals surface area contributed by atoms with Crippen LogP contribution in [0.25, 0.3) is 0 Å². The van der Waals surface area contributed by atoms with Gasteiger partial charge in [0.05, 0.1) is 36.1 Å². The Morgan fingerprint density at radius 2 is 1.32 bits per heavy atom. The second kappa shape index (κ2) is 20.5. The van der Waals surface area contributed by atoms with Gasteiger partial charge in [-0.05, 0) is 72.1 Å². The number of ether oxygens (including phenoxy) is 2. The summed E-state index contributed by atoms with van der Waals surface area (Å²) < 4.78 is 47.9. The molecule has 3 rings (SSSR count). The molecule has 8 heteroatoms. The van der Waals surface area contributed by atoms with Crippen molar-refractivity contribution in [2.45, 2.75) is 129 Å². The van der Waals surface area contributed by atoms with Crippen molar-refractivity contribution in [1.29, 1.82) is 0 Å². The highest BCUT2D eigenvalue weighted by Crippen LogP contribution is 2.44. The highest BCUT2D eigenvalue weighted by atomic mass is 32.2. The average molecular weight is 761 g/mol. The molecule has 3 aromatic rings. The zero-order valence-corrected chi connectivity index (χ0v) is 35.6. The number of sulfone groups is 1. The molecule has 0 amide bonds. The van der Waals surface area contributed by atoms with Crippen molar-refractivity contribution in [3.05, 3.63) is 126 Å². The third-order valence-corrected chi connectivity index (χ3v) is 18.5. The molecule has 0 saturated carbocycles. The van der Waals surface area contributed by atoms with Gasteiger partial charge >= 0.3 is 0 Å². The van der Waals surface area contributed by atoms with Crippen molar-refractivity contribution in [3.63, 3.8) is 0 Å². The monoisotopic (exact) mass is 760 g/mol. The van der Waals surface area contributed by atoms with Crippen LogP contribution in [0.5, 0.6) is 0 Å². The molecule has 0 aliphatic rings. The van der Waals surface area contributed by atoms with E-state index in [4.69, 9.17) is 13.9 Å². The van der Waals surface area contributed by atoms with Crippen molar-refractivity contribution >= 4 is 23.9 Å². The Balaban J connectivity index is 2.15. The highest BCUT2D eigenvalue weighted by molar-refractivity contribution is 7.91. The van der Waals surface area contributed by atoms with E-state index in [-0.39, 0.29) is 29.1 Å². The van der Waals surface area contributed by atoms with Gasteiger partial charge in [-0.25, -0.2) is 8.42 Å². The van der Waals surface area contributed by atoms with Crippen molar-refractivity contribution in [2.75, 3.05) is 12.4 Å². The Labute approximate surface area is 322 Å². The molecule has 0 aromatic heterocycles. The third-order valence-electron chi connectivity index (χ3n) is 10.3. The van der Waals surface area contributed by atoms with Gasteiger partial charge in [-0.2, -0.15) is 0 Å². The van der Waals surface area contributed by atoms with Crippen LogP contribution in [-0.2, 0) is 35.1 Å². The van der Waals surface area contributed by atoms with Crippen LogP contribution in [0.2, 0.25) is 16.6 Å². The first-order valence-corrected chi connectivity index (χ1v) is 23.0. The second-order valence-electron chi connectivity index (χ2n) is 15.7. The number of rotatable bonds is 22. The van der Waals surface area contributed by atoms with Gasteiger partial charge in [0, 0.05) is 5.41 Å². The minimum absolute atomic E-state index is 0.193. The molecule has 0 N–H and O–H groups in total. The summed E-state index contributed by atoms with van der Waals surface area (Å²) in [5.41, 5.74) is 2.53. The van der Waals surface area contributed by atoms with E-state index in [0.29, 0.717) is 36.1 Å². The summed E-state index contributed by atoms with van der Waals surface area (Å²) in [6.07, 6.45) is 5.52. The summed E-state index contributed by atoms with van der Waals surface area (Å²) >= 11 is 0. The third kappa shape index (κ3) is 12.4. The molecule has 0 aliphatic heterocycles. The average Bonchev–Trinajstić information content (AvgIpc) is 3.12. The van der Waals surface area contributed by atoms with Gasteiger partial charge < -0.3 is 13.9 Å². The SMILES string of the molecule is C/C=C/C[C@H](C/C(=C\COCc1ccccc1)[C@H](O[C@H](C)c1ccccc1)C(=O)C(C)(C)CS(=O)(=O)c1ccccc1)O[Si](C(C)C)(C(C)C)C(C)C. The summed E-state index contributed by atoms with van der Waals surface area (Å²) in [6.45, 7) is 21.7. The second-order valence-corrected chi connectivity index (χ2v) is 23.1. The van der Waals surface area contributed by atoms with Crippen molar-refractivity contribution in [2.24, 2.45) is 5.41 Å². The molecule has 6 nitrogen and oxygen atoms in total. The molecule has 290 valence electrons. The quantitative estimate of drug-likeness (QED) is 0.0576. The fourth-order valence-electron chi connectivity index (χ4n) is 7.57. The summed E-state index contributed by atoms with van der Waals surface area (Å²) in [5.74, 6) is -0.651. The van der Waals surface area contributed by atoms with Crippen LogP contribution in [0.3, 0.4) is 0 Å². The highest BCUT2D eigenvalue weighted by Gasteiger charge is 2.47. The molecule has 0 fully saturated rings. The van der Waals surface area contributed by atoms with E-state index in [1.54, 1.807) is 44.2 Å². The molecule has 53 heavy (non-hydrogen) atoms. The number of benzene rings is 3. The fourth-order valence-corrected chi connectivity index (χ4v) is 15.0. The number of hydrogen-bond donors (Lipinski definition) is 0. The maximum atomic E-state index is 15.0. The largest absolute Gasteiger partial charge is 0.413 e. The topological polar surface area (TPSA) is 78.9 Å². The van der Waals surface area contributed by atoms with E-state index in [2.05, 4.69) is 47.6 Å². The van der Waals surface area contributed by atoms with Gasteiger partial charge in [0.15, 0.2) is 15.6 Å². The zero-order chi connectivity index (χ0) is 39.2. The first-order chi connectivity index (χ1) is 25.0. The Bertz CT molecular complexity index is 1680. The molecule has 0 spiro atoms. The van der Waals surface area contributed by atoms with Crippen LogP contribution >= 0.6 is 0 Å². The lowest BCUT2D eigenvalue weighted by Crippen LogP contribution is -2.50. The number of carbonyl (C=O) groups excluding carboxylic acids is 1. The van der Waals surface area contributed by atoms with Crippen LogP contribution in [0.4, 0.5) is 0 Å². The van der Waals surface area contributed by atoms with Gasteiger partial charge in [-0.1, -0.05) is 152 Å². The summed E-state index contributed by atoms with van der Waals surface area (Å²) in [6, 6.07) is 28.1. The molecule has 3 aromatic carbocycles.